The number of rotatable bonds is 27. The minimum atomic E-state index is -3.62. The predicted molar refractivity (Wildman–Crippen MR) is 341 cm³/mol. The van der Waals surface area contributed by atoms with Crippen LogP contribution in [0.5, 0.6) is 34.5 Å². The molecule has 0 aliphatic carbocycles. The molecule has 0 radical (unpaired) electrons. The van der Waals surface area contributed by atoms with Crippen LogP contribution in [0.4, 0.5) is 17.1 Å². The van der Waals surface area contributed by atoms with Crippen LogP contribution >= 0.6 is 34.0 Å². The van der Waals surface area contributed by atoms with Crippen LogP contribution in [0.15, 0.2) is 85.4 Å². The van der Waals surface area contributed by atoms with Gasteiger partial charge < -0.3 is 33.3 Å². The molecule has 6 aromatic rings. The molecule has 0 N–H and O–H groups in total. The lowest BCUT2D eigenvalue weighted by molar-refractivity contribution is 0.169. The average Bonchev–Trinajstić information content (AvgIpc) is 4.37. The van der Waals surface area contributed by atoms with Crippen molar-refractivity contribution >= 4 is 80.6 Å². The Morgan fingerprint density at radius 1 is 0.329 bits per heavy atom. The summed E-state index contributed by atoms with van der Waals surface area (Å²) in [5.74, 6) is 21.3. The van der Waals surface area contributed by atoms with Crippen LogP contribution in [0, 0.1) is 35.5 Å². The highest BCUT2D eigenvalue weighted by Gasteiger charge is 2.34. The van der Waals surface area contributed by atoms with Crippen molar-refractivity contribution < 1.29 is 53.7 Å². The third kappa shape index (κ3) is 16.5. The van der Waals surface area contributed by atoms with Crippen molar-refractivity contribution in [1.82, 2.24) is 0 Å². The van der Waals surface area contributed by atoms with E-state index in [4.69, 9.17) is 28.4 Å². The Morgan fingerprint density at radius 2 is 0.565 bits per heavy atom. The quantitative estimate of drug-likeness (QED) is 0.0354. The summed E-state index contributed by atoms with van der Waals surface area (Å²) in [5.41, 5.74) is 4.52. The van der Waals surface area contributed by atoms with Gasteiger partial charge >= 0.3 is 0 Å². The maximum Gasteiger partial charge on any atom is 0.192 e. The van der Waals surface area contributed by atoms with E-state index in [2.05, 4.69) is 61.2 Å². The Kier molecular flexibility index (Phi) is 22.7. The highest BCUT2D eigenvalue weighted by atomic mass is 32.2. The van der Waals surface area contributed by atoms with Crippen LogP contribution in [0.3, 0.4) is 0 Å². The number of hydrogen-bond acceptors (Lipinski definition) is 16. The van der Waals surface area contributed by atoms with E-state index in [1.807, 2.05) is 72.8 Å². The van der Waals surface area contributed by atoms with Gasteiger partial charge in [0.1, 0.15) is 54.3 Å². The molecule has 13 nitrogen and oxygen atoms in total. The van der Waals surface area contributed by atoms with Crippen molar-refractivity contribution in [2.24, 2.45) is 0 Å². The lowest BCUT2D eigenvalue weighted by Crippen LogP contribution is -2.16. The van der Waals surface area contributed by atoms with E-state index in [-0.39, 0.29) is 67.0 Å². The van der Waals surface area contributed by atoms with Gasteiger partial charge in [0.05, 0.1) is 17.3 Å². The Hall–Kier alpha value is -6.11. The molecule has 0 amide bonds. The first-order valence-electron chi connectivity index (χ1n) is 29.9. The van der Waals surface area contributed by atoms with Crippen LogP contribution in [0.1, 0.15) is 168 Å². The number of unbranched alkanes of at least 4 members (excludes halogenated alkanes) is 15. The van der Waals surface area contributed by atoms with E-state index in [0.29, 0.717) is 87.7 Å². The molecule has 3 aliphatic rings. The average molecular weight is 1270 g/mol. The van der Waals surface area contributed by atoms with Crippen LogP contribution < -0.4 is 33.3 Å². The number of ether oxygens (including phenoxy) is 6. The van der Waals surface area contributed by atoms with Gasteiger partial charge in [-0.2, -0.15) is 0 Å². The maximum atomic E-state index is 13.7. The highest BCUT2D eigenvalue weighted by Crippen LogP contribution is 2.49. The molecule has 9 rings (SSSR count). The standard InChI is InChI=1S/C66H75NO12S6/c1-4-7-10-13-16-19-46-83(68,69)64-61-58(74-40-43-77-61)55(80-64)37-28-49-22-31-52(32-23-49)67(53-33-24-50(25-34-53)29-38-56-59-62(78-44-41-75-59)65(81-56)84(70,71)47-20-17-14-11-8-5-2)54-35-26-51(27-36-54)30-39-57-60-63(79-45-42-76-60)66(82-57)85(72,73)48-21-18-15-12-9-6-3/h22-27,31-36H,4-21,40-48H2,1-3H3. The lowest BCUT2D eigenvalue weighted by Gasteiger charge is -2.25. The van der Waals surface area contributed by atoms with E-state index in [1.54, 1.807) is 0 Å². The van der Waals surface area contributed by atoms with E-state index in [9.17, 15) is 25.3 Å². The van der Waals surface area contributed by atoms with Gasteiger partial charge in [-0.3, -0.25) is 0 Å². The minimum Gasteiger partial charge on any atom is -0.484 e. The predicted octanol–water partition coefficient (Wildman–Crippen LogP) is 15.3. The molecule has 0 saturated carbocycles. The van der Waals surface area contributed by atoms with Gasteiger partial charge in [-0.1, -0.05) is 135 Å². The van der Waals surface area contributed by atoms with Crippen LogP contribution in [0.25, 0.3) is 0 Å². The Bertz CT molecular complexity index is 3380. The first kappa shape index (κ1) is 63.4. The van der Waals surface area contributed by atoms with Crippen molar-refractivity contribution in [3.8, 4) is 70.0 Å². The Morgan fingerprint density at radius 3 is 0.824 bits per heavy atom. The summed E-state index contributed by atoms with van der Waals surface area (Å²) in [6.07, 6.45) is 17.5. The molecular weight excluding hydrogens is 1190 g/mol. The first-order chi connectivity index (χ1) is 41.3. The summed E-state index contributed by atoms with van der Waals surface area (Å²) in [6.45, 7) is 8.13. The van der Waals surface area contributed by atoms with Gasteiger partial charge in [0, 0.05) is 33.8 Å². The molecular formula is C66H75NO12S6. The van der Waals surface area contributed by atoms with Crippen molar-refractivity contribution in [2.75, 3.05) is 61.8 Å². The second kappa shape index (κ2) is 30.5. The molecule has 3 aliphatic heterocycles. The normalized spacial score (nSPS) is 13.4. The number of hydrogen-bond donors (Lipinski definition) is 0. The molecule has 0 bridgehead atoms. The van der Waals surface area contributed by atoms with Crippen molar-refractivity contribution in [3.05, 3.63) is 104 Å². The number of nitrogens with zero attached hydrogens (tertiary/aromatic N) is 1. The zero-order valence-electron chi connectivity index (χ0n) is 48.8. The minimum absolute atomic E-state index is 0.0411. The lowest BCUT2D eigenvalue weighted by atomic mass is 10.1. The number of benzene rings is 3. The van der Waals surface area contributed by atoms with E-state index in [0.717, 1.165) is 147 Å². The summed E-state index contributed by atoms with van der Waals surface area (Å²) >= 11 is 3.29. The molecule has 85 heavy (non-hydrogen) atoms. The maximum absolute atomic E-state index is 13.7. The highest BCUT2D eigenvalue weighted by molar-refractivity contribution is 7.94. The van der Waals surface area contributed by atoms with Crippen molar-refractivity contribution in [2.45, 2.75) is 149 Å². The summed E-state index contributed by atoms with van der Waals surface area (Å²) in [4.78, 5) is 3.57. The second-order valence-electron chi connectivity index (χ2n) is 21.2. The van der Waals surface area contributed by atoms with Crippen LogP contribution in [-0.4, -0.2) is 82.2 Å². The molecule has 3 aromatic heterocycles. The summed E-state index contributed by atoms with van der Waals surface area (Å²) in [6, 6.07) is 23.2. The third-order valence-electron chi connectivity index (χ3n) is 14.6. The number of sulfone groups is 3. The molecule has 0 unspecified atom stereocenters. The molecule has 19 heteroatoms. The first-order valence-corrected chi connectivity index (χ1v) is 37.3. The monoisotopic (exact) mass is 1270 g/mol. The van der Waals surface area contributed by atoms with E-state index < -0.39 is 29.5 Å². The van der Waals surface area contributed by atoms with Crippen LogP contribution in [0.2, 0.25) is 0 Å². The van der Waals surface area contributed by atoms with Gasteiger partial charge in [0.25, 0.3) is 0 Å². The van der Waals surface area contributed by atoms with Crippen molar-refractivity contribution in [3.63, 3.8) is 0 Å². The van der Waals surface area contributed by atoms with Gasteiger partial charge in [0.2, 0.25) is 0 Å². The van der Waals surface area contributed by atoms with Gasteiger partial charge in [0.15, 0.2) is 76.6 Å². The topological polar surface area (TPSA) is 161 Å². The third-order valence-corrected chi connectivity index (χ3v) is 24.9. The smallest absolute Gasteiger partial charge is 0.192 e. The molecule has 3 aromatic carbocycles. The molecule has 0 fully saturated rings. The Balaban J connectivity index is 0.984. The van der Waals surface area contributed by atoms with Crippen molar-refractivity contribution in [1.29, 1.82) is 0 Å². The number of anilines is 3. The fraction of sp³-hybridized carbons (Fsp3) is 0.455. The molecule has 6 heterocycles. The number of thiophene rings is 3. The second-order valence-corrected chi connectivity index (χ2v) is 31.2. The SMILES string of the molecule is CCCCCCCCS(=O)(=O)c1sc(C#Cc2ccc(N(c3ccc(C#Cc4sc(S(=O)(=O)CCCCCCCC)c5c4OCCO5)cc3)c3ccc(C#Cc4sc(S(=O)(=O)CCCCCCCC)c5c4OCCO5)cc3)cc2)c2c1OCCO2. The van der Waals surface area contributed by atoms with Gasteiger partial charge in [-0.05, 0) is 110 Å². The van der Waals surface area contributed by atoms with E-state index >= 15 is 0 Å². The van der Waals surface area contributed by atoms with E-state index in [1.165, 1.54) is 0 Å². The van der Waals surface area contributed by atoms with Gasteiger partial charge in [-0.15, -0.1) is 34.0 Å². The van der Waals surface area contributed by atoms with Gasteiger partial charge in [-0.25, -0.2) is 25.3 Å². The summed E-state index contributed by atoms with van der Waals surface area (Å²) < 4.78 is 118. The molecule has 0 saturated heterocycles. The molecule has 0 atom stereocenters. The Labute approximate surface area is 515 Å². The fourth-order valence-corrected chi connectivity index (χ4v) is 19.0. The van der Waals surface area contributed by atoms with Crippen LogP contribution in [-0.2, 0) is 29.5 Å². The number of fused-ring (bicyclic) bond motifs is 3. The largest absolute Gasteiger partial charge is 0.484 e. The zero-order chi connectivity index (χ0) is 59.7. The molecule has 0 spiro atoms. The zero-order valence-corrected chi connectivity index (χ0v) is 53.7. The summed E-state index contributed by atoms with van der Waals surface area (Å²) in [5, 5.41) is 0. The molecule has 452 valence electrons. The summed E-state index contributed by atoms with van der Waals surface area (Å²) in [7, 11) is -10.9. The fourth-order valence-electron chi connectivity index (χ4n) is 10.0.